The molecule has 0 bridgehead atoms. The highest BCUT2D eigenvalue weighted by atomic mass is 127. The molecule has 1 aliphatic rings. The first-order valence-electron chi connectivity index (χ1n) is 8.46. The van der Waals surface area contributed by atoms with Gasteiger partial charge >= 0.3 is 0 Å². The molecule has 2 N–H and O–H groups in total. The number of aryl methyl sites for hydroxylation is 1. The number of aromatic nitrogens is 1. The van der Waals surface area contributed by atoms with Gasteiger partial charge in [0.25, 0.3) is 0 Å². The van der Waals surface area contributed by atoms with E-state index >= 15 is 0 Å². The fourth-order valence-electron chi connectivity index (χ4n) is 2.49. The van der Waals surface area contributed by atoms with Crippen LogP contribution >= 0.6 is 35.3 Å². The first-order chi connectivity index (χ1) is 11.2. The third-order valence-electron chi connectivity index (χ3n) is 3.74. The number of thiazole rings is 1. The summed E-state index contributed by atoms with van der Waals surface area (Å²) in [6, 6.07) is 0. The molecule has 8 heteroatoms. The minimum atomic E-state index is 0. The molecule has 6 nitrogen and oxygen atoms in total. The van der Waals surface area contributed by atoms with Crippen molar-refractivity contribution in [3.8, 4) is 0 Å². The van der Waals surface area contributed by atoms with Gasteiger partial charge in [-0.3, -0.25) is 4.79 Å². The highest BCUT2D eigenvalue weighted by Gasteiger charge is 2.18. The highest BCUT2D eigenvalue weighted by molar-refractivity contribution is 14.0. The number of likely N-dealkylation sites (tertiary alicyclic amines) is 1. The lowest BCUT2D eigenvalue weighted by atomic mass is 10.4. The van der Waals surface area contributed by atoms with Crippen LogP contribution in [0.2, 0.25) is 0 Å². The molecule has 0 spiro atoms. The maximum absolute atomic E-state index is 11.6. The van der Waals surface area contributed by atoms with Gasteiger partial charge in [0, 0.05) is 43.7 Å². The molecule has 1 saturated heterocycles. The molecule has 1 aliphatic heterocycles. The SMILES string of the molecule is CCNC(=NCc1ncc(CC)s1)NCCCN1CCCC1=O.I. The van der Waals surface area contributed by atoms with E-state index in [1.807, 2.05) is 11.1 Å². The average molecular weight is 465 g/mol. The maximum atomic E-state index is 11.6. The zero-order chi connectivity index (χ0) is 16.5. The van der Waals surface area contributed by atoms with E-state index in [0.717, 1.165) is 56.4 Å². The molecule has 2 rings (SSSR count). The topological polar surface area (TPSA) is 69.6 Å². The second-order valence-electron chi connectivity index (χ2n) is 5.53. The third-order valence-corrected chi connectivity index (χ3v) is 4.86. The van der Waals surface area contributed by atoms with Gasteiger partial charge in [-0.1, -0.05) is 6.92 Å². The summed E-state index contributed by atoms with van der Waals surface area (Å²) in [4.78, 5) is 23.8. The number of nitrogens with one attached hydrogen (secondary N) is 2. The van der Waals surface area contributed by atoms with Gasteiger partial charge in [-0.2, -0.15) is 0 Å². The summed E-state index contributed by atoms with van der Waals surface area (Å²) >= 11 is 1.72. The summed E-state index contributed by atoms with van der Waals surface area (Å²) < 4.78 is 0. The number of halogens is 1. The summed E-state index contributed by atoms with van der Waals surface area (Å²) in [5, 5.41) is 7.62. The van der Waals surface area contributed by atoms with Crippen LogP contribution in [-0.4, -0.2) is 47.9 Å². The molecule has 0 radical (unpaired) electrons. The summed E-state index contributed by atoms with van der Waals surface area (Å²) in [5.74, 6) is 1.11. The predicted octanol–water partition coefficient (Wildman–Crippen LogP) is 2.39. The molecule has 136 valence electrons. The Morgan fingerprint density at radius 3 is 2.88 bits per heavy atom. The second kappa shape index (κ2) is 11.6. The van der Waals surface area contributed by atoms with Gasteiger partial charge in [0.15, 0.2) is 5.96 Å². The van der Waals surface area contributed by atoms with Crippen molar-refractivity contribution in [3.63, 3.8) is 0 Å². The van der Waals surface area contributed by atoms with Crippen LogP contribution in [0.25, 0.3) is 0 Å². The van der Waals surface area contributed by atoms with Gasteiger partial charge in [-0.25, -0.2) is 9.98 Å². The number of guanidine groups is 1. The first kappa shape index (κ1) is 21.1. The Hall–Kier alpha value is -0.900. The molecule has 0 saturated carbocycles. The van der Waals surface area contributed by atoms with E-state index in [4.69, 9.17) is 0 Å². The molecule has 0 aromatic carbocycles. The third kappa shape index (κ3) is 6.92. The number of aliphatic imine (C=N–C) groups is 1. The molecule has 1 aromatic heterocycles. The molecule has 24 heavy (non-hydrogen) atoms. The van der Waals surface area contributed by atoms with E-state index in [1.54, 1.807) is 11.3 Å². The Bertz CT molecular complexity index is 534. The number of amides is 1. The zero-order valence-corrected chi connectivity index (χ0v) is 17.7. The number of hydrogen-bond acceptors (Lipinski definition) is 4. The van der Waals surface area contributed by atoms with E-state index in [1.165, 1.54) is 4.88 Å². The van der Waals surface area contributed by atoms with Crippen molar-refractivity contribution in [2.45, 2.75) is 46.1 Å². The van der Waals surface area contributed by atoms with Crippen molar-refractivity contribution in [2.24, 2.45) is 4.99 Å². The molecule has 1 fully saturated rings. The summed E-state index contributed by atoms with van der Waals surface area (Å²) in [5.41, 5.74) is 0. The van der Waals surface area contributed by atoms with Crippen LogP contribution in [0.1, 0.15) is 43.0 Å². The van der Waals surface area contributed by atoms with Crippen LogP contribution < -0.4 is 10.6 Å². The van der Waals surface area contributed by atoms with Crippen molar-refractivity contribution < 1.29 is 4.79 Å². The molecule has 2 heterocycles. The molecular weight excluding hydrogens is 437 g/mol. The Balaban J connectivity index is 0.00000288. The Kier molecular flexibility index (Phi) is 10.2. The van der Waals surface area contributed by atoms with Gasteiger partial charge in [0.05, 0.1) is 6.54 Å². The monoisotopic (exact) mass is 465 g/mol. The van der Waals surface area contributed by atoms with E-state index in [0.29, 0.717) is 18.9 Å². The van der Waals surface area contributed by atoms with Crippen molar-refractivity contribution >= 4 is 47.2 Å². The van der Waals surface area contributed by atoms with Crippen LogP contribution in [-0.2, 0) is 17.8 Å². The van der Waals surface area contributed by atoms with Crippen LogP contribution in [0.5, 0.6) is 0 Å². The maximum Gasteiger partial charge on any atom is 0.222 e. The molecule has 0 aliphatic carbocycles. The Morgan fingerprint density at radius 1 is 1.42 bits per heavy atom. The van der Waals surface area contributed by atoms with Crippen molar-refractivity contribution in [1.82, 2.24) is 20.5 Å². The molecule has 0 atom stereocenters. The zero-order valence-electron chi connectivity index (χ0n) is 14.5. The molecule has 1 aromatic rings. The quantitative estimate of drug-likeness (QED) is 0.268. The number of rotatable bonds is 8. The van der Waals surface area contributed by atoms with E-state index in [2.05, 4.69) is 34.5 Å². The Morgan fingerprint density at radius 2 is 2.25 bits per heavy atom. The number of nitrogens with zero attached hydrogens (tertiary/aromatic N) is 3. The molecular formula is C16H28IN5OS. The van der Waals surface area contributed by atoms with Crippen LogP contribution in [0.4, 0.5) is 0 Å². The van der Waals surface area contributed by atoms with Gasteiger partial charge < -0.3 is 15.5 Å². The minimum absolute atomic E-state index is 0. The average Bonchev–Trinajstić information content (AvgIpc) is 3.18. The van der Waals surface area contributed by atoms with E-state index in [9.17, 15) is 4.79 Å². The molecule has 1 amide bonds. The second-order valence-corrected chi connectivity index (χ2v) is 6.73. The van der Waals surface area contributed by atoms with Gasteiger partial charge in [-0.05, 0) is 26.2 Å². The summed E-state index contributed by atoms with van der Waals surface area (Å²) in [7, 11) is 0. The molecule has 0 unspecified atom stereocenters. The van der Waals surface area contributed by atoms with Crippen LogP contribution in [0, 0.1) is 0 Å². The van der Waals surface area contributed by atoms with Gasteiger partial charge in [-0.15, -0.1) is 35.3 Å². The Labute approximate surface area is 165 Å². The normalized spacial score (nSPS) is 14.7. The smallest absolute Gasteiger partial charge is 0.222 e. The number of hydrogen-bond donors (Lipinski definition) is 2. The highest BCUT2D eigenvalue weighted by Crippen LogP contribution is 2.14. The van der Waals surface area contributed by atoms with Crippen molar-refractivity contribution in [2.75, 3.05) is 26.2 Å². The summed E-state index contributed by atoms with van der Waals surface area (Å²) in [6.07, 6.45) is 5.61. The van der Waals surface area contributed by atoms with Gasteiger partial charge in [0.1, 0.15) is 5.01 Å². The van der Waals surface area contributed by atoms with E-state index < -0.39 is 0 Å². The lowest BCUT2D eigenvalue weighted by molar-refractivity contribution is -0.127. The fourth-order valence-corrected chi connectivity index (χ4v) is 3.28. The van der Waals surface area contributed by atoms with Crippen molar-refractivity contribution in [1.29, 1.82) is 0 Å². The first-order valence-corrected chi connectivity index (χ1v) is 9.28. The van der Waals surface area contributed by atoms with Gasteiger partial charge in [0.2, 0.25) is 5.91 Å². The largest absolute Gasteiger partial charge is 0.357 e. The summed E-state index contributed by atoms with van der Waals surface area (Å²) in [6.45, 7) is 8.18. The standard InChI is InChI=1S/C16H27N5OS.HI/c1-3-13-11-19-14(23-13)12-20-16(17-4-2)18-8-6-10-21-9-5-7-15(21)22;/h11H,3-10,12H2,1-2H3,(H2,17,18,20);1H. The lowest BCUT2D eigenvalue weighted by Crippen LogP contribution is -2.39. The van der Waals surface area contributed by atoms with Crippen molar-refractivity contribution in [3.05, 3.63) is 16.1 Å². The number of carbonyl (C=O) groups excluding carboxylic acids is 1. The van der Waals surface area contributed by atoms with Crippen LogP contribution in [0.3, 0.4) is 0 Å². The van der Waals surface area contributed by atoms with Crippen LogP contribution in [0.15, 0.2) is 11.2 Å². The lowest BCUT2D eigenvalue weighted by Gasteiger charge is -2.16. The fraction of sp³-hybridized carbons (Fsp3) is 0.688. The predicted molar refractivity (Wildman–Crippen MR) is 110 cm³/mol. The minimum Gasteiger partial charge on any atom is -0.357 e. The van der Waals surface area contributed by atoms with E-state index in [-0.39, 0.29) is 24.0 Å². The number of carbonyl (C=O) groups is 1.